The van der Waals surface area contributed by atoms with Gasteiger partial charge in [0, 0.05) is 6.42 Å². The number of rotatable bonds is 10. The minimum atomic E-state index is -2.43. The summed E-state index contributed by atoms with van der Waals surface area (Å²) in [7, 11) is -0.858. The van der Waals surface area contributed by atoms with Gasteiger partial charge in [0.25, 0.3) is 0 Å². The third-order valence-corrected chi connectivity index (χ3v) is 15.7. The molecule has 3 aromatic carbocycles. The molecule has 0 aliphatic carbocycles. The van der Waals surface area contributed by atoms with E-state index in [1.54, 1.807) is 0 Å². The van der Waals surface area contributed by atoms with E-state index in [1.807, 2.05) is 60.4 Å². The molecule has 0 aromatic heterocycles. The summed E-state index contributed by atoms with van der Waals surface area (Å²) < 4.78 is 11.5. The van der Waals surface area contributed by atoms with Gasteiger partial charge in [-0.15, -0.1) is 0 Å². The van der Waals surface area contributed by atoms with Gasteiger partial charge in [0.1, 0.15) is 0 Å². The summed E-state index contributed by atoms with van der Waals surface area (Å²) in [6.07, 6.45) is -0.368. The second kappa shape index (κ2) is 12.2. The lowest BCUT2D eigenvalue weighted by molar-refractivity contribution is -0.142. The van der Waals surface area contributed by atoms with Crippen molar-refractivity contribution in [2.45, 2.75) is 57.8 Å². The lowest BCUT2D eigenvalue weighted by Crippen LogP contribution is -2.45. The van der Waals surface area contributed by atoms with Crippen LogP contribution in [0.5, 0.6) is 0 Å². The molecular formula is C31H39O4PSi. The number of carbonyl (C=O) groups is 2. The zero-order chi connectivity index (χ0) is 27.1. The lowest BCUT2D eigenvalue weighted by Gasteiger charge is -2.39. The molecule has 0 fully saturated rings. The largest absolute Gasteiger partial charge is 0.469 e. The van der Waals surface area contributed by atoms with Crippen molar-refractivity contribution in [1.29, 1.82) is 0 Å². The molecule has 0 bridgehead atoms. The van der Waals surface area contributed by atoms with Gasteiger partial charge in [-0.25, -0.2) is 0 Å². The van der Waals surface area contributed by atoms with Crippen molar-refractivity contribution < 1.29 is 18.8 Å². The molecule has 3 aromatic rings. The molecule has 4 nitrogen and oxygen atoms in total. The summed E-state index contributed by atoms with van der Waals surface area (Å²) >= 11 is 0. The molecule has 0 heterocycles. The average molecular weight is 535 g/mol. The van der Waals surface area contributed by atoms with Crippen LogP contribution in [-0.2, 0) is 18.8 Å². The number of benzene rings is 3. The number of ether oxygens (including phenoxy) is 1. The minimum Gasteiger partial charge on any atom is -0.469 e. The van der Waals surface area contributed by atoms with Crippen molar-refractivity contribution >= 4 is 48.7 Å². The fraction of sp³-hybridized carbons (Fsp3) is 0.323. The van der Waals surface area contributed by atoms with Gasteiger partial charge in [0.05, 0.1) is 19.6 Å². The Morgan fingerprint density at radius 3 is 1.54 bits per heavy atom. The average Bonchev–Trinajstić information content (AvgIpc) is 2.87. The van der Waals surface area contributed by atoms with Gasteiger partial charge in [0.2, 0.25) is 0 Å². The summed E-state index contributed by atoms with van der Waals surface area (Å²) in [6.45, 7) is 8.31. The monoisotopic (exact) mass is 534 g/mol. The van der Waals surface area contributed by atoms with E-state index < -0.39 is 21.3 Å². The molecule has 0 aliphatic rings. The molecule has 6 heteroatoms. The van der Waals surface area contributed by atoms with Crippen LogP contribution in [0.15, 0.2) is 91.0 Å². The Morgan fingerprint density at radius 2 is 1.19 bits per heavy atom. The van der Waals surface area contributed by atoms with E-state index in [4.69, 9.17) is 9.16 Å². The molecule has 3 rings (SSSR count). The molecule has 0 saturated heterocycles. The highest BCUT2D eigenvalue weighted by molar-refractivity contribution is 7.95. The summed E-state index contributed by atoms with van der Waals surface area (Å²) in [5.41, 5.74) is 0. The molecule has 0 radical (unpaired) electrons. The van der Waals surface area contributed by atoms with Gasteiger partial charge in [-0.3, -0.25) is 9.59 Å². The first-order chi connectivity index (χ1) is 17.5. The third-order valence-electron chi connectivity index (χ3n) is 7.15. The fourth-order valence-corrected chi connectivity index (χ4v) is 9.33. The highest BCUT2D eigenvalue weighted by Crippen LogP contribution is 2.44. The maximum absolute atomic E-state index is 13.9. The van der Waals surface area contributed by atoms with Crippen LogP contribution in [0.25, 0.3) is 0 Å². The van der Waals surface area contributed by atoms with Crippen LogP contribution in [0.2, 0.25) is 18.1 Å². The van der Waals surface area contributed by atoms with Crippen LogP contribution >= 0.6 is 6.89 Å². The van der Waals surface area contributed by atoms with E-state index in [0.717, 1.165) is 15.9 Å². The van der Waals surface area contributed by atoms with Crippen molar-refractivity contribution in [3.63, 3.8) is 0 Å². The van der Waals surface area contributed by atoms with E-state index in [0.29, 0.717) is 0 Å². The zero-order valence-electron chi connectivity index (χ0n) is 22.8. The normalized spacial score (nSPS) is 13.0. The summed E-state index contributed by atoms with van der Waals surface area (Å²) in [4.78, 5) is 26.2. The number of ketones is 1. The fourth-order valence-electron chi connectivity index (χ4n) is 4.17. The van der Waals surface area contributed by atoms with E-state index in [-0.39, 0.29) is 29.6 Å². The van der Waals surface area contributed by atoms with Crippen molar-refractivity contribution in [3.8, 4) is 0 Å². The zero-order valence-corrected chi connectivity index (χ0v) is 24.7. The van der Waals surface area contributed by atoms with Gasteiger partial charge in [-0.05, 0) is 46.7 Å². The van der Waals surface area contributed by atoms with Gasteiger partial charge < -0.3 is 9.16 Å². The summed E-state index contributed by atoms with van der Waals surface area (Å²) in [5.74, 6) is 1.52. The van der Waals surface area contributed by atoms with Crippen molar-refractivity contribution in [1.82, 2.24) is 0 Å². The van der Waals surface area contributed by atoms with Gasteiger partial charge >= 0.3 is 5.97 Å². The lowest BCUT2D eigenvalue weighted by atomic mass is 10.1. The van der Waals surface area contributed by atoms with Crippen molar-refractivity contribution in [2.24, 2.45) is 0 Å². The molecule has 0 amide bonds. The molecule has 37 heavy (non-hydrogen) atoms. The molecular weight excluding hydrogens is 495 g/mol. The van der Waals surface area contributed by atoms with E-state index >= 15 is 0 Å². The Morgan fingerprint density at radius 1 is 0.784 bits per heavy atom. The summed E-state index contributed by atoms with van der Waals surface area (Å²) in [6, 6.07) is 30.8. The standard InChI is InChI=1S/C31H39O4PSi/c1-31(2,3)37(5,6)35-26(23-30(33)34-4)22-25(32)24-36(27-16-10-7-11-17-27,28-18-12-8-13-19-28)29-20-14-9-15-21-29/h7-21,24,26H,22-23H2,1-6H3. The van der Waals surface area contributed by atoms with Gasteiger partial charge in [0.15, 0.2) is 14.1 Å². The van der Waals surface area contributed by atoms with E-state index in [1.165, 1.54) is 7.11 Å². The molecule has 1 atom stereocenters. The number of hydrogen-bond donors (Lipinski definition) is 0. The Hall–Kier alpha value is -2.72. The van der Waals surface area contributed by atoms with Gasteiger partial charge in [-0.1, -0.05) is 112 Å². The van der Waals surface area contributed by atoms with Crippen LogP contribution in [0.3, 0.4) is 0 Å². The first-order valence-corrected chi connectivity index (χ1v) is 17.5. The van der Waals surface area contributed by atoms with Crippen molar-refractivity contribution in [2.75, 3.05) is 7.11 Å². The van der Waals surface area contributed by atoms with Crippen LogP contribution in [0.1, 0.15) is 33.6 Å². The predicted octanol–water partition coefficient (Wildman–Crippen LogP) is 5.70. The SMILES string of the molecule is COC(=O)CC(CC(=O)C=P(c1ccccc1)(c1ccccc1)c1ccccc1)O[Si](C)(C)C(C)(C)C. The highest BCUT2D eigenvalue weighted by Gasteiger charge is 2.40. The molecule has 0 aliphatic heterocycles. The Balaban J connectivity index is 2.16. The highest BCUT2D eigenvalue weighted by atomic mass is 31.2. The number of carbonyl (C=O) groups excluding carboxylic acids is 2. The number of Topliss-reactive ketones (excluding diaryl/α,β-unsaturated/α-hetero) is 1. The smallest absolute Gasteiger partial charge is 0.308 e. The van der Waals surface area contributed by atoms with Crippen LogP contribution in [0, 0.1) is 0 Å². The number of hydrogen-bond acceptors (Lipinski definition) is 4. The van der Waals surface area contributed by atoms with E-state index in [2.05, 4.69) is 70.3 Å². The first kappa shape index (κ1) is 28.8. The number of esters is 1. The van der Waals surface area contributed by atoms with Crippen molar-refractivity contribution in [3.05, 3.63) is 91.0 Å². The Labute approximate surface area is 223 Å². The van der Waals surface area contributed by atoms with Crippen LogP contribution in [0.4, 0.5) is 0 Å². The maximum Gasteiger partial charge on any atom is 0.308 e. The Bertz CT molecular complexity index is 1130. The second-order valence-corrected chi connectivity index (χ2v) is 18.8. The Kier molecular flexibility index (Phi) is 9.52. The van der Waals surface area contributed by atoms with Crippen LogP contribution < -0.4 is 15.9 Å². The molecule has 1 unspecified atom stereocenters. The maximum atomic E-state index is 13.9. The van der Waals surface area contributed by atoms with E-state index in [9.17, 15) is 9.59 Å². The molecule has 196 valence electrons. The summed E-state index contributed by atoms with van der Waals surface area (Å²) in [5, 5.41) is 3.27. The minimum absolute atomic E-state index is 0.0301. The molecule has 0 N–H and O–H groups in total. The quantitative estimate of drug-likeness (QED) is 0.190. The molecule has 0 spiro atoms. The predicted molar refractivity (Wildman–Crippen MR) is 160 cm³/mol. The van der Waals surface area contributed by atoms with Gasteiger partial charge in [-0.2, -0.15) is 0 Å². The second-order valence-electron chi connectivity index (χ2n) is 10.8. The first-order valence-electron chi connectivity index (χ1n) is 12.7. The topological polar surface area (TPSA) is 52.6 Å². The number of methoxy groups -OCH3 is 1. The van der Waals surface area contributed by atoms with Crippen LogP contribution in [-0.4, -0.2) is 39.1 Å². The molecule has 0 saturated carbocycles. The third kappa shape index (κ3) is 6.98.